The van der Waals surface area contributed by atoms with Crippen LogP contribution >= 0.6 is 0 Å². The van der Waals surface area contributed by atoms with E-state index in [-0.39, 0.29) is 40.3 Å². The van der Waals surface area contributed by atoms with Crippen LogP contribution in [0.1, 0.15) is 40.1 Å². The molecular formula is C36H40FN5O6S. The number of amides is 2. The smallest absolute Gasteiger partial charge is 0.262 e. The lowest BCUT2D eigenvalue weighted by molar-refractivity contribution is 0.0344. The molecule has 13 heteroatoms. The number of nitrogens with one attached hydrogen (secondary N) is 2. The van der Waals surface area contributed by atoms with Crippen molar-refractivity contribution in [1.82, 2.24) is 9.80 Å². The molecule has 4 aromatic rings. The highest BCUT2D eigenvalue weighted by atomic mass is 32.2. The van der Waals surface area contributed by atoms with Gasteiger partial charge in [0.05, 0.1) is 40.2 Å². The van der Waals surface area contributed by atoms with Crippen molar-refractivity contribution in [1.29, 1.82) is 0 Å². The molecule has 0 aromatic heterocycles. The number of sulfonamides is 1. The standard InChI is InChI=1S/C36H40FN5O6S/c1-23-19-42(24(2)22-43)36(45)29-7-6-10-32(40-49(46,47)28-17-15-27(37)16-18-28)34(29)48-33(23)21-41(3)20-25-11-13-26(14-12-25)35(44)39-31-9-5-4-8-30(31)38/h4-18,23-24,33,40,43H,19-22,38H2,1-3H3,(H,39,44)/t23-,24-,33+/m0/s1. The maximum absolute atomic E-state index is 13.8. The summed E-state index contributed by atoms with van der Waals surface area (Å²) in [4.78, 5) is 30.0. The first-order chi connectivity index (χ1) is 23.4. The van der Waals surface area contributed by atoms with E-state index in [1.165, 1.54) is 6.07 Å². The number of fused-ring (bicyclic) bond motifs is 1. The molecule has 0 saturated carbocycles. The monoisotopic (exact) mass is 689 g/mol. The first-order valence-electron chi connectivity index (χ1n) is 15.8. The van der Waals surface area contributed by atoms with E-state index in [1.54, 1.807) is 60.4 Å². The average molecular weight is 690 g/mol. The summed E-state index contributed by atoms with van der Waals surface area (Å²) in [5.41, 5.74) is 8.57. The van der Waals surface area contributed by atoms with Crippen LogP contribution in [0.25, 0.3) is 0 Å². The Kier molecular flexibility index (Phi) is 10.9. The van der Waals surface area contributed by atoms with Crippen molar-refractivity contribution in [2.75, 3.05) is 42.5 Å². The second-order valence-electron chi connectivity index (χ2n) is 12.3. The fourth-order valence-corrected chi connectivity index (χ4v) is 6.67. The van der Waals surface area contributed by atoms with Crippen molar-refractivity contribution in [2.45, 2.75) is 37.4 Å². The first-order valence-corrected chi connectivity index (χ1v) is 17.3. The van der Waals surface area contributed by atoms with Crippen LogP contribution in [0.5, 0.6) is 5.75 Å². The zero-order chi connectivity index (χ0) is 35.3. The lowest BCUT2D eigenvalue weighted by Crippen LogP contribution is -2.49. The molecule has 0 aliphatic carbocycles. The van der Waals surface area contributed by atoms with E-state index >= 15 is 0 Å². The molecule has 0 spiro atoms. The quantitative estimate of drug-likeness (QED) is 0.164. The molecule has 1 heterocycles. The van der Waals surface area contributed by atoms with Gasteiger partial charge in [0.25, 0.3) is 21.8 Å². The van der Waals surface area contributed by atoms with E-state index in [1.807, 2.05) is 31.0 Å². The number of rotatable bonds is 11. The van der Waals surface area contributed by atoms with Gasteiger partial charge in [-0.15, -0.1) is 0 Å². The molecule has 0 saturated heterocycles. The molecular weight excluding hydrogens is 649 g/mol. The van der Waals surface area contributed by atoms with Gasteiger partial charge in [0.1, 0.15) is 11.9 Å². The Morgan fingerprint density at radius 1 is 1.04 bits per heavy atom. The molecule has 1 aliphatic heterocycles. The highest BCUT2D eigenvalue weighted by Gasteiger charge is 2.35. The molecule has 5 N–H and O–H groups in total. The minimum atomic E-state index is -4.17. The van der Waals surface area contributed by atoms with Crippen molar-refractivity contribution in [3.05, 3.63) is 114 Å². The molecule has 0 fully saturated rings. The summed E-state index contributed by atoms with van der Waals surface area (Å²) >= 11 is 0. The number of aliphatic hydroxyl groups is 1. The Bertz CT molecular complexity index is 1910. The molecule has 3 atom stereocenters. The lowest BCUT2D eigenvalue weighted by atomic mass is 9.99. The molecule has 0 radical (unpaired) electrons. The summed E-state index contributed by atoms with van der Waals surface area (Å²) in [7, 11) is -2.25. The second kappa shape index (κ2) is 15.1. The zero-order valence-electron chi connectivity index (χ0n) is 27.5. The zero-order valence-corrected chi connectivity index (χ0v) is 28.3. The highest BCUT2D eigenvalue weighted by molar-refractivity contribution is 7.92. The number of likely N-dealkylation sites (N-methyl/N-ethyl adjacent to an activating group) is 1. The van der Waals surface area contributed by atoms with Gasteiger partial charge in [-0.1, -0.05) is 37.3 Å². The highest BCUT2D eigenvalue weighted by Crippen LogP contribution is 2.36. The van der Waals surface area contributed by atoms with E-state index in [2.05, 4.69) is 10.0 Å². The summed E-state index contributed by atoms with van der Waals surface area (Å²) < 4.78 is 49.2. The molecule has 2 amide bonds. The number of hydrogen-bond acceptors (Lipinski definition) is 8. The number of carbonyl (C=O) groups excluding carboxylic acids is 2. The summed E-state index contributed by atoms with van der Waals surface area (Å²) in [6, 6.07) is 22.7. The van der Waals surface area contributed by atoms with Gasteiger partial charge in [-0.3, -0.25) is 19.2 Å². The summed E-state index contributed by atoms with van der Waals surface area (Å²) in [6.07, 6.45) is -0.511. The number of anilines is 3. The van der Waals surface area contributed by atoms with E-state index in [9.17, 15) is 27.5 Å². The number of para-hydroxylation sites is 3. The predicted molar refractivity (Wildman–Crippen MR) is 186 cm³/mol. The largest absolute Gasteiger partial charge is 0.486 e. The van der Waals surface area contributed by atoms with Crippen LogP contribution < -0.4 is 20.5 Å². The van der Waals surface area contributed by atoms with E-state index < -0.39 is 33.9 Å². The van der Waals surface area contributed by atoms with Gasteiger partial charge in [0.2, 0.25) is 0 Å². The topological polar surface area (TPSA) is 154 Å². The van der Waals surface area contributed by atoms with Crippen LogP contribution in [-0.2, 0) is 16.6 Å². The summed E-state index contributed by atoms with van der Waals surface area (Å²) in [5.74, 6) is -1.43. The van der Waals surface area contributed by atoms with Gasteiger partial charge in [-0.25, -0.2) is 12.8 Å². The Morgan fingerprint density at radius 3 is 2.39 bits per heavy atom. The Labute approximate surface area is 285 Å². The van der Waals surface area contributed by atoms with Crippen LogP contribution in [-0.4, -0.2) is 74.0 Å². The Hall–Kier alpha value is -4.98. The van der Waals surface area contributed by atoms with E-state index in [4.69, 9.17) is 10.5 Å². The predicted octanol–water partition coefficient (Wildman–Crippen LogP) is 4.81. The third-order valence-electron chi connectivity index (χ3n) is 8.43. The number of ether oxygens (including phenoxy) is 1. The number of halogens is 1. The number of hydrogen-bond donors (Lipinski definition) is 4. The third kappa shape index (κ3) is 8.37. The third-order valence-corrected chi connectivity index (χ3v) is 9.81. The van der Waals surface area contributed by atoms with Crippen molar-refractivity contribution >= 4 is 38.9 Å². The number of nitrogens with zero attached hydrogens (tertiary/aromatic N) is 2. The maximum atomic E-state index is 13.8. The van der Waals surface area contributed by atoms with Crippen LogP contribution in [0.2, 0.25) is 0 Å². The summed E-state index contributed by atoms with van der Waals surface area (Å²) in [6.45, 7) is 4.61. The van der Waals surface area contributed by atoms with Crippen LogP contribution in [0.15, 0.2) is 95.9 Å². The van der Waals surface area contributed by atoms with Crippen molar-refractivity contribution < 1.29 is 32.2 Å². The van der Waals surface area contributed by atoms with Gasteiger partial charge in [0.15, 0.2) is 5.75 Å². The molecule has 258 valence electrons. The molecule has 0 bridgehead atoms. The van der Waals surface area contributed by atoms with Crippen LogP contribution in [0, 0.1) is 11.7 Å². The Balaban J connectivity index is 1.37. The first kappa shape index (κ1) is 35.3. The average Bonchev–Trinajstić information content (AvgIpc) is 3.07. The van der Waals surface area contributed by atoms with Crippen molar-refractivity contribution in [3.8, 4) is 5.75 Å². The van der Waals surface area contributed by atoms with Crippen molar-refractivity contribution in [3.63, 3.8) is 0 Å². The van der Waals surface area contributed by atoms with Gasteiger partial charge in [-0.05, 0) is 80.2 Å². The normalized spacial score (nSPS) is 17.0. The fraction of sp³-hybridized carbons (Fsp3) is 0.278. The number of nitrogen functional groups attached to an aromatic ring is 1. The molecule has 49 heavy (non-hydrogen) atoms. The minimum Gasteiger partial charge on any atom is -0.486 e. The van der Waals surface area contributed by atoms with Crippen LogP contribution in [0.3, 0.4) is 0 Å². The lowest BCUT2D eigenvalue weighted by Gasteiger charge is -2.38. The maximum Gasteiger partial charge on any atom is 0.262 e. The molecule has 11 nitrogen and oxygen atoms in total. The van der Waals surface area contributed by atoms with Crippen molar-refractivity contribution in [2.24, 2.45) is 5.92 Å². The SMILES string of the molecule is C[C@H]1CN([C@@H](C)CO)C(=O)c2cccc(NS(=O)(=O)c3ccc(F)cc3)c2O[C@@H]1CN(C)Cc1ccc(C(=O)Nc2ccccc2N)cc1. The van der Waals surface area contributed by atoms with Gasteiger partial charge in [-0.2, -0.15) is 0 Å². The van der Waals surface area contributed by atoms with Gasteiger partial charge >= 0.3 is 0 Å². The van der Waals surface area contributed by atoms with E-state index in [0.717, 1.165) is 29.8 Å². The van der Waals surface area contributed by atoms with E-state index in [0.29, 0.717) is 36.6 Å². The summed E-state index contributed by atoms with van der Waals surface area (Å²) in [5, 5.41) is 12.8. The second-order valence-corrected chi connectivity index (χ2v) is 14.0. The molecule has 1 aliphatic rings. The molecule has 5 rings (SSSR count). The van der Waals surface area contributed by atoms with Gasteiger partial charge in [0, 0.05) is 31.1 Å². The van der Waals surface area contributed by atoms with Gasteiger partial charge < -0.3 is 25.8 Å². The number of carbonyl (C=O) groups is 2. The number of nitrogens with two attached hydrogens (primary N) is 1. The molecule has 4 aromatic carbocycles. The molecule has 0 unspecified atom stereocenters. The fourth-order valence-electron chi connectivity index (χ4n) is 5.61. The Morgan fingerprint density at radius 2 is 1.71 bits per heavy atom. The minimum absolute atomic E-state index is 0.0552. The number of benzene rings is 4. The van der Waals surface area contributed by atoms with Crippen LogP contribution in [0.4, 0.5) is 21.5 Å². The number of aliphatic hydroxyl groups excluding tert-OH is 1.